The van der Waals surface area contributed by atoms with Crippen LogP contribution in [0.15, 0.2) is 15.4 Å². The molecule has 0 heterocycles. The van der Waals surface area contributed by atoms with Crippen LogP contribution in [0.2, 0.25) is 0 Å². The first-order valence-corrected chi connectivity index (χ1v) is 5.19. The maximum atomic E-state index is 11.3. The number of hydrogen-bond acceptors (Lipinski definition) is 6. The lowest BCUT2D eigenvalue weighted by Gasteiger charge is -2.09. The van der Waals surface area contributed by atoms with Crippen LogP contribution in [0.1, 0.15) is 19.3 Å². The summed E-state index contributed by atoms with van der Waals surface area (Å²) in [7, 11) is 0. The van der Waals surface area contributed by atoms with Crippen LogP contribution in [0.3, 0.4) is 0 Å². The minimum Gasteiger partial charge on any atom is -0.411 e. The summed E-state index contributed by atoms with van der Waals surface area (Å²) in [5.41, 5.74) is 4.86. The van der Waals surface area contributed by atoms with Crippen LogP contribution in [0.5, 0.6) is 0 Å². The molecule has 0 bridgehead atoms. The van der Waals surface area contributed by atoms with Gasteiger partial charge in [0.25, 0.3) is 0 Å². The number of rotatable bonds is 8. The molecule has 18 heavy (non-hydrogen) atoms. The van der Waals surface area contributed by atoms with Crippen molar-refractivity contribution in [3.8, 4) is 0 Å². The van der Waals surface area contributed by atoms with Gasteiger partial charge in [-0.2, -0.15) is 0 Å². The number of carbonyl (C=O) groups is 2. The van der Waals surface area contributed by atoms with Crippen molar-refractivity contribution in [2.45, 2.75) is 19.3 Å². The van der Waals surface area contributed by atoms with Gasteiger partial charge in [-0.3, -0.25) is 9.59 Å². The fraction of sp³-hybridized carbons (Fsp3) is 0.556. The molecule has 0 aromatic heterocycles. The van der Waals surface area contributed by atoms with Gasteiger partial charge in [0.05, 0.1) is 5.92 Å². The highest BCUT2D eigenvalue weighted by molar-refractivity contribution is 5.83. The van der Waals surface area contributed by atoms with Gasteiger partial charge in [-0.25, -0.2) is 0 Å². The molecule has 2 amide bonds. The van der Waals surface area contributed by atoms with E-state index in [9.17, 15) is 9.59 Å². The van der Waals surface area contributed by atoms with E-state index in [1.807, 2.05) is 0 Å². The molecule has 9 nitrogen and oxygen atoms in total. The summed E-state index contributed by atoms with van der Waals surface area (Å²) < 4.78 is 0. The monoisotopic (exact) mass is 258 g/mol. The van der Waals surface area contributed by atoms with E-state index in [0.29, 0.717) is 6.42 Å². The zero-order valence-electron chi connectivity index (χ0n) is 9.69. The fourth-order valence-corrected chi connectivity index (χ4v) is 1.13. The normalized spacial score (nSPS) is 12.7. The van der Waals surface area contributed by atoms with E-state index in [0.717, 1.165) is 6.21 Å². The third kappa shape index (κ3) is 7.04. The molecular weight excluding hydrogens is 242 g/mol. The molecule has 0 aromatic carbocycles. The highest BCUT2D eigenvalue weighted by Gasteiger charge is 2.19. The van der Waals surface area contributed by atoms with E-state index in [2.05, 4.69) is 20.7 Å². The van der Waals surface area contributed by atoms with E-state index < -0.39 is 11.8 Å². The van der Waals surface area contributed by atoms with Crippen LogP contribution in [0.25, 0.3) is 0 Å². The number of nitrogens with one attached hydrogen (secondary N) is 1. The molecule has 0 aromatic rings. The largest absolute Gasteiger partial charge is 0.411 e. The SMILES string of the molecule is [NH2+]=NC(=O)C(C/C=N/O)CNC(=O)CC/C=N/O. The Labute approximate surface area is 103 Å². The van der Waals surface area contributed by atoms with Crippen LogP contribution in [-0.4, -0.2) is 41.2 Å². The van der Waals surface area contributed by atoms with Crippen LogP contribution in [0, 0.1) is 5.92 Å². The fourth-order valence-electron chi connectivity index (χ4n) is 1.13. The summed E-state index contributed by atoms with van der Waals surface area (Å²) in [6.45, 7) is 0.0423. The van der Waals surface area contributed by atoms with Gasteiger partial charge in [-0.1, -0.05) is 0 Å². The molecule has 0 aliphatic rings. The molecule has 0 saturated carbocycles. The Morgan fingerprint density at radius 3 is 2.50 bits per heavy atom. The lowest BCUT2D eigenvalue weighted by Crippen LogP contribution is -2.36. The van der Waals surface area contributed by atoms with Crippen molar-refractivity contribution in [1.29, 1.82) is 0 Å². The molecule has 5 N–H and O–H groups in total. The quantitative estimate of drug-likeness (QED) is 0.182. The highest BCUT2D eigenvalue weighted by atomic mass is 16.4. The second kappa shape index (κ2) is 9.87. The van der Waals surface area contributed by atoms with Gasteiger partial charge in [0.2, 0.25) is 5.91 Å². The van der Waals surface area contributed by atoms with Gasteiger partial charge >= 0.3 is 5.91 Å². The zero-order chi connectivity index (χ0) is 13.8. The Balaban J connectivity index is 4.12. The summed E-state index contributed by atoms with van der Waals surface area (Å²) in [4.78, 5) is 22.5. The molecular formula is C9H16N5O4+. The standard InChI is InChI=1S/C9H15N5O4/c10-14-9(16)7(3-5-13-18)6-11-8(15)2-1-4-12-17/h4-5,7,10,17-18H,1-3,6H2,(H,11,15)/p+1/b12-4+,13-5+,14-10?. The van der Waals surface area contributed by atoms with E-state index in [4.69, 9.17) is 15.9 Å². The first-order chi connectivity index (χ1) is 8.65. The maximum absolute atomic E-state index is 11.3. The van der Waals surface area contributed by atoms with Crippen molar-refractivity contribution in [3.05, 3.63) is 0 Å². The topological polar surface area (TPSA) is 149 Å². The average molecular weight is 258 g/mol. The zero-order valence-corrected chi connectivity index (χ0v) is 9.69. The molecule has 1 atom stereocenters. The summed E-state index contributed by atoms with van der Waals surface area (Å²) in [5.74, 6) is -1.56. The molecule has 0 rings (SSSR count). The third-order valence-corrected chi connectivity index (χ3v) is 2.08. The maximum Gasteiger partial charge on any atom is 0.313 e. The molecule has 0 saturated heterocycles. The van der Waals surface area contributed by atoms with Gasteiger partial charge in [0, 0.05) is 30.5 Å². The van der Waals surface area contributed by atoms with Crippen LogP contribution in [-0.2, 0) is 9.59 Å². The predicted molar refractivity (Wildman–Crippen MR) is 60.3 cm³/mol. The molecule has 0 fully saturated rings. The average Bonchev–Trinajstić information content (AvgIpc) is 2.38. The van der Waals surface area contributed by atoms with Gasteiger partial charge in [-0.05, 0) is 12.8 Å². The Morgan fingerprint density at radius 1 is 1.28 bits per heavy atom. The van der Waals surface area contributed by atoms with Crippen molar-refractivity contribution in [1.82, 2.24) is 5.32 Å². The van der Waals surface area contributed by atoms with Gasteiger partial charge < -0.3 is 15.7 Å². The number of amides is 2. The van der Waals surface area contributed by atoms with Crippen LogP contribution in [0.4, 0.5) is 0 Å². The van der Waals surface area contributed by atoms with Gasteiger partial charge in [0.15, 0.2) is 0 Å². The number of oxime groups is 2. The Hall–Kier alpha value is -2.32. The van der Waals surface area contributed by atoms with E-state index >= 15 is 0 Å². The van der Waals surface area contributed by atoms with E-state index in [1.54, 1.807) is 0 Å². The Kier molecular flexibility index (Phi) is 8.60. The van der Waals surface area contributed by atoms with Gasteiger partial charge in [-0.15, -0.1) is 15.8 Å². The summed E-state index contributed by atoms with van der Waals surface area (Å²) >= 11 is 0. The van der Waals surface area contributed by atoms with Crippen molar-refractivity contribution in [2.75, 3.05) is 6.54 Å². The first kappa shape index (κ1) is 15.7. The highest BCUT2D eigenvalue weighted by Crippen LogP contribution is 2.02. The third-order valence-electron chi connectivity index (χ3n) is 2.08. The minimum atomic E-state index is -0.665. The lowest BCUT2D eigenvalue weighted by molar-refractivity contribution is -0.223. The van der Waals surface area contributed by atoms with Crippen molar-refractivity contribution in [3.63, 3.8) is 0 Å². The van der Waals surface area contributed by atoms with E-state index in [-0.39, 0.29) is 25.3 Å². The number of nitrogens with two attached hydrogens (primary N) is 1. The Morgan fingerprint density at radius 2 is 1.94 bits per heavy atom. The van der Waals surface area contributed by atoms with Crippen molar-refractivity contribution >= 4 is 24.2 Å². The van der Waals surface area contributed by atoms with Crippen molar-refractivity contribution in [2.24, 2.45) is 21.3 Å². The van der Waals surface area contributed by atoms with E-state index in [1.165, 1.54) is 6.21 Å². The minimum absolute atomic E-state index is 0.0423. The molecule has 0 radical (unpaired) electrons. The molecule has 0 aliphatic heterocycles. The second-order valence-electron chi connectivity index (χ2n) is 3.34. The summed E-state index contributed by atoms with van der Waals surface area (Å²) in [5, 5.41) is 27.4. The molecule has 9 heteroatoms. The summed E-state index contributed by atoms with van der Waals surface area (Å²) in [6, 6.07) is 0. The predicted octanol–water partition coefficient (Wildman–Crippen LogP) is -1.45. The number of nitrogens with zero attached hydrogens (tertiary/aromatic N) is 3. The summed E-state index contributed by atoms with van der Waals surface area (Å²) in [6.07, 6.45) is 2.86. The van der Waals surface area contributed by atoms with Gasteiger partial charge in [0.1, 0.15) is 0 Å². The molecule has 100 valence electrons. The smallest absolute Gasteiger partial charge is 0.313 e. The molecule has 1 unspecified atom stereocenters. The first-order valence-electron chi connectivity index (χ1n) is 5.19. The molecule has 0 spiro atoms. The second-order valence-corrected chi connectivity index (χ2v) is 3.34. The number of hydrogen-bond donors (Lipinski definition) is 4. The lowest BCUT2D eigenvalue weighted by atomic mass is 10.1. The van der Waals surface area contributed by atoms with Crippen molar-refractivity contribution < 1.29 is 25.5 Å². The Bertz CT molecular complexity index is 342. The molecule has 0 aliphatic carbocycles. The van der Waals surface area contributed by atoms with Crippen LogP contribution < -0.4 is 10.8 Å². The number of carbonyl (C=O) groups excluding carboxylic acids is 2. The van der Waals surface area contributed by atoms with Crippen LogP contribution >= 0.6 is 0 Å².